The topological polar surface area (TPSA) is 98.4 Å². The van der Waals surface area contributed by atoms with Gasteiger partial charge in [-0.3, -0.25) is 18.9 Å². The second kappa shape index (κ2) is 9.67. The van der Waals surface area contributed by atoms with Crippen molar-refractivity contribution in [2.75, 3.05) is 18.4 Å². The van der Waals surface area contributed by atoms with Crippen LogP contribution in [0, 0.1) is 6.92 Å². The van der Waals surface area contributed by atoms with Gasteiger partial charge in [0.15, 0.2) is 0 Å². The molecule has 1 amide bonds. The first kappa shape index (κ1) is 23.2. The van der Waals surface area contributed by atoms with Crippen molar-refractivity contribution in [3.63, 3.8) is 0 Å². The molecule has 9 nitrogen and oxygen atoms in total. The maximum atomic E-state index is 13.4. The Morgan fingerprint density at radius 3 is 2.92 bits per heavy atom. The molecule has 1 aliphatic heterocycles. The molecule has 37 heavy (non-hydrogen) atoms. The lowest BCUT2D eigenvalue weighted by molar-refractivity contribution is 0.102. The highest BCUT2D eigenvalue weighted by Gasteiger charge is 2.19. The molecule has 0 saturated carbocycles. The first-order valence-electron chi connectivity index (χ1n) is 12.7. The molecule has 5 heterocycles. The summed E-state index contributed by atoms with van der Waals surface area (Å²) >= 11 is 0. The number of rotatable bonds is 7. The Balaban J connectivity index is 1.28. The molecule has 1 aliphatic rings. The number of amides is 1. The standard InChI is InChI=1S/C28H29N7O2/c1-3-22-27-23(8-5-9-24(27)35(33-22)17-19-7-4-6-18(2)31-19)32-28(36)25-16-30-26-14-20(11-13-34(25)26)37-21-10-12-29-15-21/h4-9,11,13-14,16,21,29H,3,10,12,15,17H2,1-2H3,(H,32,36). The van der Waals surface area contributed by atoms with Crippen molar-refractivity contribution < 1.29 is 9.53 Å². The summed E-state index contributed by atoms with van der Waals surface area (Å²) in [6.07, 6.45) is 5.32. The second-order valence-electron chi connectivity index (χ2n) is 9.35. The SMILES string of the molecule is CCc1nn(Cc2cccc(C)n2)c2cccc(NC(=O)c3cnc4cc(OC5CCNC5)ccn34)c12. The van der Waals surface area contributed by atoms with Crippen molar-refractivity contribution in [3.05, 3.63) is 83.7 Å². The number of pyridine rings is 2. The summed E-state index contributed by atoms with van der Waals surface area (Å²) in [6.45, 7) is 6.42. The molecule has 0 aliphatic carbocycles. The van der Waals surface area contributed by atoms with E-state index in [1.807, 2.05) is 66.3 Å². The summed E-state index contributed by atoms with van der Waals surface area (Å²) in [5.41, 5.74) is 5.65. The molecule has 1 saturated heterocycles. The Bertz CT molecular complexity index is 1600. The van der Waals surface area contributed by atoms with E-state index in [1.165, 1.54) is 0 Å². The highest BCUT2D eigenvalue weighted by molar-refractivity contribution is 6.08. The number of nitrogens with zero attached hydrogens (tertiary/aromatic N) is 5. The smallest absolute Gasteiger partial charge is 0.274 e. The zero-order chi connectivity index (χ0) is 25.4. The van der Waals surface area contributed by atoms with E-state index >= 15 is 0 Å². The van der Waals surface area contributed by atoms with Crippen molar-refractivity contribution in [1.82, 2.24) is 29.5 Å². The van der Waals surface area contributed by atoms with Crippen LogP contribution in [0.15, 0.2) is 60.9 Å². The van der Waals surface area contributed by atoms with Crippen LogP contribution in [-0.2, 0) is 13.0 Å². The van der Waals surface area contributed by atoms with Gasteiger partial charge in [-0.25, -0.2) is 4.98 Å². The molecule has 1 fully saturated rings. The summed E-state index contributed by atoms with van der Waals surface area (Å²) in [6, 6.07) is 15.6. The van der Waals surface area contributed by atoms with Gasteiger partial charge in [0.05, 0.1) is 35.3 Å². The van der Waals surface area contributed by atoms with E-state index in [0.29, 0.717) is 17.9 Å². The molecule has 1 atom stereocenters. The Labute approximate surface area is 214 Å². The Kier molecular flexibility index (Phi) is 6.05. The molecule has 188 valence electrons. The van der Waals surface area contributed by atoms with E-state index < -0.39 is 0 Å². The van der Waals surface area contributed by atoms with Crippen LogP contribution in [0.3, 0.4) is 0 Å². The van der Waals surface area contributed by atoms with Crippen LogP contribution < -0.4 is 15.4 Å². The summed E-state index contributed by atoms with van der Waals surface area (Å²) in [7, 11) is 0. The number of ether oxygens (including phenoxy) is 1. The lowest BCUT2D eigenvalue weighted by Gasteiger charge is -2.12. The molecule has 0 bridgehead atoms. The van der Waals surface area contributed by atoms with Gasteiger partial charge in [0.2, 0.25) is 0 Å². The van der Waals surface area contributed by atoms with Crippen LogP contribution in [-0.4, -0.2) is 49.2 Å². The van der Waals surface area contributed by atoms with E-state index in [2.05, 4.69) is 27.5 Å². The quantitative estimate of drug-likeness (QED) is 0.354. The molecule has 0 spiro atoms. The van der Waals surface area contributed by atoms with Gasteiger partial charge >= 0.3 is 0 Å². The summed E-state index contributed by atoms with van der Waals surface area (Å²) in [4.78, 5) is 22.5. The number of aromatic nitrogens is 5. The van der Waals surface area contributed by atoms with Crippen LogP contribution in [0.2, 0.25) is 0 Å². The largest absolute Gasteiger partial charge is 0.489 e. The van der Waals surface area contributed by atoms with Gasteiger partial charge in [0, 0.05) is 29.9 Å². The molecule has 4 aromatic heterocycles. The minimum absolute atomic E-state index is 0.163. The van der Waals surface area contributed by atoms with E-state index in [1.54, 1.807) is 10.6 Å². The van der Waals surface area contributed by atoms with Crippen LogP contribution in [0.1, 0.15) is 40.9 Å². The third kappa shape index (κ3) is 4.53. The number of hydrogen-bond acceptors (Lipinski definition) is 6. The molecule has 1 aromatic carbocycles. The van der Waals surface area contributed by atoms with Gasteiger partial charge in [-0.15, -0.1) is 0 Å². The number of anilines is 1. The normalized spacial score (nSPS) is 15.5. The number of benzene rings is 1. The minimum atomic E-state index is -0.233. The van der Waals surface area contributed by atoms with Gasteiger partial charge in [0.25, 0.3) is 5.91 Å². The van der Waals surface area contributed by atoms with Crippen molar-refractivity contribution in [2.24, 2.45) is 0 Å². The van der Waals surface area contributed by atoms with Crippen molar-refractivity contribution >= 4 is 28.1 Å². The summed E-state index contributed by atoms with van der Waals surface area (Å²) in [5.74, 6) is 0.524. The van der Waals surface area contributed by atoms with Gasteiger partial charge in [0.1, 0.15) is 23.2 Å². The fraction of sp³-hybridized carbons (Fsp3) is 0.286. The maximum Gasteiger partial charge on any atom is 0.274 e. The van der Waals surface area contributed by atoms with Crippen LogP contribution in [0.5, 0.6) is 5.75 Å². The van der Waals surface area contributed by atoms with Gasteiger partial charge in [-0.05, 0) is 56.6 Å². The van der Waals surface area contributed by atoms with Crippen LogP contribution in [0.4, 0.5) is 5.69 Å². The Hall–Kier alpha value is -4.24. The summed E-state index contributed by atoms with van der Waals surface area (Å²) in [5, 5.41) is 12.2. The minimum Gasteiger partial charge on any atom is -0.489 e. The number of fused-ring (bicyclic) bond motifs is 2. The zero-order valence-electron chi connectivity index (χ0n) is 20.9. The maximum absolute atomic E-state index is 13.4. The molecule has 2 N–H and O–H groups in total. The van der Waals surface area contributed by atoms with Gasteiger partial charge in [-0.2, -0.15) is 5.10 Å². The predicted octanol–water partition coefficient (Wildman–Crippen LogP) is 3.99. The number of carbonyl (C=O) groups is 1. The van der Waals surface area contributed by atoms with E-state index in [-0.39, 0.29) is 12.0 Å². The van der Waals surface area contributed by atoms with Gasteiger partial charge < -0.3 is 15.4 Å². The lowest BCUT2D eigenvalue weighted by Crippen LogP contribution is -2.19. The zero-order valence-corrected chi connectivity index (χ0v) is 20.9. The number of aryl methyl sites for hydroxylation is 2. The molecule has 1 unspecified atom stereocenters. The lowest BCUT2D eigenvalue weighted by atomic mass is 10.1. The van der Waals surface area contributed by atoms with Crippen LogP contribution >= 0.6 is 0 Å². The highest BCUT2D eigenvalue weighted by Crippen LogP contribution is 2.29. The number of imidazole rings is 1. The molecular weight excluding hydrogens is 466 g/mol. The number of carbonyl (C=O) groups excluding carboxylic acids is 1. The second-order valence-corrected chi connectivity index (χ2v) is 9.35. The number of hydrogen-bond donors (Lipinski definition) is 2. The molecule has 5 aromatic rings. The van der Waals surface area contributed by atoms with E-state index in [9.17, 15) is 4.79 Å². The molecule has 6 rings (SSSR count). The molecule has 0 radical (unpaired) electrons. The van der Waals surface area contributed by atoms with Gasteiger partial charge in [-0.1, -0.05) is 19.1 Å². The third-order valence-electron chi connectivity index (χ3n) is 6.73. The fourth-order valence-corrected chi connectivity index (χ4v) is 4.93. The average Bonchev–Trinajstić information content (AvgIpc) is 3.63. The number of nitrogens with one attached hydrogen (secondary N) is 2. The van der Waals surface area contributed by atoms with Crippen LogP contribution in [0.25, 0.3) is 16.6 Å². The average molecular weight is 496 g/mol. The highest BCUT2D eigenvalue weighted by atomic mass is 16.5. The summed E-state index contributed by atoms with van der Waals surface area (Å²) < 4.78 is 9.78. The molecular formula is C28H29N7O2. The Morgan fingerprint density at radius 2 is 2.11 bits per heavy atom. The third-order valence-corrected chi connectivity index (χ3v) is 6.73. The van der Waals surface area contributed by atoms with Crippen molar-refractivity contribution in [1.29, 1.82) is 0 Å². The monoisotopic (exact) mass is 495 g/mol. The molecule has 9 heteroatoms. The van der Waals surface area contributed by atoms with Crippen molar-refractivity contribution in [2.45, 2.75) is 39.3 Å². The van der Waals surface area contributed by atoms with E-state index in [4.69, 9.17) is 9.84 Å². The Morgan fingerprint density at radius 1 is 1.22 bits per heavy atom. The van der Waals surface area contributed by atoms with Crippen molar-refractivity contribution in [3.8, 4) is 5.75 Å². The van der Waals surface area contributed by atoms with E-state index in [0.717, 1.165) is 65.4 Å². The first-order chi connectivity index (χ1) is 18.1. The first-order valence-corrected chi connectivity index (χ1v) is 12.7. The fourth-order valence-electron chi connectivity index (χ4n) is 4.93. The predicted molar refractivity (Wildman–Crippen MR) is 142 cm³/mol.